The molecule has 136 valence electrons. The SMILES string of the molecule is CCC(c1cccc(C(=O)c2c[nH]c3ncc(Cl)cc23)c1F)S(N)(=O)=O. The third-order valence-electron chi connectivity index (χ3n) is 4.13. The van der Waals surface area contributed by atoms with Gasteiger partial charge in [0.15, 0.2) is 5.78 Å². The lowest BCUT2D eigenvalue weighted by atomic mass is 9.98. The molecular weight excluding hydrogens is 381 g/mol. The molecule has 3 rings (SSSR count). The highest BCUT2D eigenvalue weighted by atomic mass is 35.5. The van der Waals surface area contributed by atoms with Gasteiger partial charge in [-0.3, -0.25) is 4.79 Å². The largest absolute Gasteiger partial charge is 0.345 e. The van der Waals surface area contributed by atoms with E-state index in [4.69, 9.17) is 16.7 Å². The van der Waals surface area contributed by atoms with Crippen LogP contribution in [0, 0.1) is 5.82 Å². The highest BCUT2D eigenvalue weighted by molar-refractivity contribution is 7.89. The molecule has 0 aliphatic heterocycles. The van der Waals surface area contributed by atoms with E-state index in [0.717, 1.165) is 0 Å². The van der Waals surface area contributed by atoms with Gasteiger partial charge in [-0.15, -0.1) is 0 Å². The van der Waals surface area contributed by atoms with E-state index < -0.39 is 26.9 Å². The van der Waals surface area contributed by atoms with Gasteiger partial charge < -0.3 is 4.98 Å². The lowest BCUT2D eigenvalue weighted by Crippen LogP contribution is -2.22. The van der Waals surface area contributed by atoms with Gasteiger partial charge in [0.05, 0.1) is 10.6 Å². The van der Waals surface area contributed by atoms with Gasteiger partial charge >= 0.3 is 0 Å². The van der Waals surface area contributed by atoms with Crippen molar-refractivity contribution in [2.45, 2.75) is 18.6 Å². The minimum atomic E-state index is -4.01. The molecule has 0 saturated carbocycles. The van der Waals surface area contributed by atoms with Gasteiger partial charge in [0.25, 0.3) is 0 Å². The van der Waals surface area contributed by atoms with Crippen LogP contribution in [0.3, 0.4) is 0 Å². The minimum Gasteiger partial charge on any atom is -0.345 e. The Balaban J connectivity index is 2.13. The van der Waals surface area contributed by atoms with E-state index in [-0.39, 0.29) is 23.1 Å². The van der Waals surface area contributed by atoms with Crippen molar-refractivity contribution in [1.29, 1.82) is 0 Å². The summed E-state index contributed by atoms with van der Waals surface area (Å²) in [7, 11) is -4.01. The fourth-order valence-electron chi connectivity index (χ4n) is 2.91. The molecule has 0 aliphatic carbocycles. The number of ketones is 1. The Morgan fingerprint density at radius 3 is 2.77 bits per heavy atom. The maximum Gasteiger partial charge on any atom is 0.216 e. The molecule has 2 heterocycles. The zero-order valence-electron chi connectivity index (χ0n) is 13.7. The zero-order chi connectivity index (χ0) is 19.1. The molecule has 0 bridgehead atoms. The Labute approximate surface area is 154 Å². The van der Waals surface area contributed by atoms with Crippen molar-refractivity contribution in [3.8, 4) is 0 Å². The van der Waals surface area contributed by atoms with Crippen molar-refractivity contribution in [3.63, 3.8) is 0 Å². The molecular formula is C17H15ClFN3O3S. The van der Waals surface area contributed by atoms with Crippen LogP contribution in [0.1, 0.15) is 40.1 Å². The summed E-state index contributed by atoms with van der Waals surface area (Å²) in [6.45, 7) is 1.58. The average molecular weight is 396 g/mol. The summed E-state index contributed by atoms with van der Waals surface area (Å²) in [5, 5.41) is 4.75. The van der Waals surface area contributed by atoms with Crippen molar-refractivity contribution in [3.05, 3.63) is 64.2 Å². The standard InChI is InChI=1S/C17H15ClFN3O3S/c1-2-14(26(20,24)25)10-4-3-5-11(15(10)19)16(23)13-8-22-17-12(13)6-9(18)7-21-17/h3-8,14H,2H2,1H3,(H,21,22)(H2,20,24,25). The summed E-state index contributed by atoms with van der Waals surface area (Å²) in [6, 6.07) is 5.60. The predicted molar refractivity (Wildman–Crippen MR) is 97.1 cm³/mol. The molecule has 0 fully saturated rings. The molecule has 9 heteroatoms. The number of carbonyl (C=O) groups is 1. The summed E-state index contributed by atoms with van der Waals surface area (Å²) in [4.78, 5) is 19.7. The van der Waals surface area contributed by atoms with Gasteiger partial charge in [0.2, 0.25) is 10.0 Å². The number of halogens is 2. The Kier molecular flexibility index (Phi) is 4.83. The molecule has 1 aromatic carbocycles. The lowest BCUT2D eigenvalue weighted by molar-refractivity contribution is 0.103. The summed E-state index contributed by atoms with van der Waals surface area (Å²) >= 11 is 5.92. The number of hydrogen-bond donors (Lipinski definition) is 2. The van der Waals surface area contributed by atoms with Gasteiger partial charge in [0, 0.05) is 28.9 Å². The predicted octanol–water partition coefficient (Wildman–Crippen LogP) is 3.33. The van der Waals surface area contributed by atoms with E-state index in [9.17, 15) is 17.6 Å². The molecule has 0 aliphatic rings. The Bertz CT molecular complexity index is 1110. The Morgan fingerprint density at radius 1 is 1.38 bits per heavy atom. The van der Waals surface area contributed by atoms with E-state index in [1.807, 2.05) is 0 Å². The van der Waals surface area contributed by atoms with Gasteiger partial charge in [-0.25, -0.2) is 22.9 Å². The second-order valence-corrected chi connectivity index (χ2v) is 7.96. The molecule has 6 nitrogen and oxygen atoms in total. The molecule has 26 heavy (non-hydrogen) atoms. The van der Waals surface area contributed by atoms with Crippen LogP contribution in [0.25, 0.3) is 11.0 Å². The lowest BCUT2D eigenvalue weighted by Gasteiger charge is -2.15. The Morgan fingerprint density at radius 2 is 2.12 bits per heavy atom. The van der Waals surface area contributed by atoms with Crippen LogP contribution in [0.15, 0.2) is 36.7 Å². The second kappa shape index (κ2) is 6.79. The number of nitrogens with zero attached hydrogens (tertiary/aromatic N) is 1. The van der Waals surface area contributed by atoms with E-state index in [1.165, 1.54) is 30.6 Å². The van der Waals surface area contributed by atoms with E-state index >= 15 is 0 Å². The molecule has 3 aromatic rings. The van der Waals surface area contributed by atoms with Crippen LogP contribution in [0.4, 0.5) is 4.39 Å². The molecule has 0 radical (unpaired) electrons. The van der Waals surface area contributed by atoms with Crippen LogP contribution in [-0.2, 0) is 10.0 Å². The number of aromatic nitrogens is 2. The van der Waals surface area contributed by atoms with Crippen LogP contribution < -0.4 is 5.14 Å². The molecule has 1 unspecified atom stereocenters. The number of carbonyl (C=O) groups excluding carboxylic acids is 1. The van der Waals surface area contributed by atoms with Crippen molar-refractivity contribution in [2.24, 2.45) is 5.14 Å². The van der Waals surface area contributed by atoms with Gasteiger partial charge in [-0.2, -0.15) is 0 Å². The number of benzene rings is 1. The van der Waals surface area contributed by atoms with Crippen molar-refractivity contribution < 1.29 is 17.6 Å². The average Bonchev–Trinajstić information content (AvgIpc) is 2.98. The maximum atomic E-state index is 15.0. The maximum absolute atomic E-state index is 15.0. The first-order valence-electron chi connectivity index (χ1n) is 7.71. The number of pyridine rings is 1. The number of primary sulfonamides is 1. The van der Waals surface area contributed by atoms with Crippen molar-refractivity contribution >= 4 is 38.4 Å². The summed E-state index contributed by atoms with van der Waals surface area (Å²) in [5.41, 5.74) is 0.252. The van der Waals surface area contributed by atoms with E-state index in [2.05, 4.69) is 9.97 Å². The first-order valence-corrected chi connectivity index (χ1v) is 9.70. The smallest absolute Gasteiger partial charge is 0.216 e. The molecule has 0 saturated heterocycles. The van der Waals surface area contributed by atoms with E-state index in [1.54, 1.807) is 13.0 Å². The molecule has 3 N–H and O–H groups in total. The van der Waals surface area contributed by atoms with Crippen molar-refractivity contribution in [1.82, 2.24) is 9.97 Å². The fraction of sp³-hybridized carbons (Fsp3) is 0.176. The number of hydrogen-bond acceptors (Lipinski definition) is 4. The van der Waals surface area contributed by atoms with Gasteiger partial charge in [-0.05, 0) is 18.6 Å². The summed E-state index contributed by atoms with van der Waals surface area (Å²) in [6.07, 6.45) is 2.92. The molecule has 0 amide bonds. The van der Waals surface area contributed by atoms with Gasteiger partial charge in [-0.1, -0.05) is 30.7 Å². The summed E-state index contributed by atoms with van der Waals surface area (Å²) in [5.74, 6) is -1.51. The first-order chi connectivity index (χ1) is 12.2. The number of rotatable bonds is 5. The van der Waals surface area contributed by atoms with Crippen molar-refractivity contribution in [2.75, 3.05) is 0 Å². The number of H-pyrrole nitrogens is 1. The third kappa shape index (κ3) is 3.23. The van der Waals surface area contributed by atoms with Crippen LogP contribution >= 0.6 is 11.6 Å². The zero-order valence-corrected chi connectivity index (χ0v) is 15.2. The number of nitrogens with one attached hydrogen (secondary N) is 1. The second-order valence-electron chi connectivity index (χ2n) is 5.78. The molecule has 2 aromatic heterocycles. The Hall–Kier alpha value is -2.29. The first kappa shape index (κ1) is 18.5. The quantitative estimate of drug-likeness (QED) is 0.646. The topological polar surface area (TPSA) is 106 Å². The van der Waals surface area contributed by atoms with Crippen LogP contribution in [0.5, 0.6) is 0 Å². The third-order valence-corrected chi connectivity index (χ3v) is 5.72. The molecule has 0 spiro atoms. The normalized spacial score (nSPS) is 13.1. The van der Waals surface area contributed by atoms with Crippen LogP contribution in [0.2, 0.25) is 5.02 Å². The van der Waals surface area contributed by atoms with Crippen LogP contribution in [-0.4, -0.2) is 24.2 Å². The number of sulfonamides is 1. The van der Waals surface area contributed by atoms with E-state index in [0.29, 0.717) is 16.1 Å². The minimum absolute atomic E-state index is 0.0833. The number of aromatic amines is 1. The number of fused-ring (bicyclic) bond motifs is 1. The molecule has 1 atom stereocenters. The monoisotopic (exact) mass is 395 g/mol. The highest BCUT2D eigenvalue weighted by Gasteiger charge is 2.28. The summed E-state index contributed by atoms with van der Waals surface area (Å²) < 4.78 is 38.4. The highest BCUT2D eigenvalue weighted by Crippen LogP contribution is 2.30. The van der Waals surface area contributed by atoms with Gasteiger partial charge in [0.1, 0.15) is 16.7 Å². The number of nitrogens with two attached hydrogens (primary N) is 1. The fourth-order valence-corrected chi connectivity index (χ4v) is 4.07.